The Bertz CT molecular complexity index is 236. The van der Waals surface area contributed by atoms with E-state index in [9.17, 15) is 0 Å². The van der Waals surface area contributed by atoms with Crippen molar-refractivity contribution in [3.05, 3.63) is 30.3 Å². The maximum absolute atomic E-state index is 7.13. The zero-order chi connectivity index (χ0) is 11.7. The number of thiocyanates is 3. The van der Waals surface area contributed by atoms with Crippen molar-refractivity contribution in [3.8, 4) is 16.2 Å². The normalized spacial score (nSPS) is 4.07. The zero-order valence-corrected chi connectivity index (χ0v) is 11.5. The van der Waals surface area contributed by atoms with Gasteiger partial charge in [0.15, 0.2) is 0 Å². The van der Waals surface area contributed by atoms with Crippen molar-refractivity contribution in [2.75, 3.05) is 0 Å². The molecule has 0 fully saturated rings. The van der Waals surface area contributed by atoms with Crippen LogP contribution in [0.25, 0.3) is 0 Å². The molecule has 0 aromatic heterocycles. The van der Waals surface area contributed by atoms with E-state index in [1.54, 1.807) is 0 Å². The molecule has 74 valence electrons. The van der Waals surface area contributed by atoms with Gasteiger partial charge in [-0.2, -0.15) is 18.2 Å². The predicted octanol–water partition coefficient (Wildman–Crippen LogP) is 1.45. The van der Waals surface area contributed by atoms with Gasteiger partial charge in [-0.05, 0) is 0 Å². The minimum absolute atomic E-state index is 0. The molecule has 1 aromatic rings. The fourth-order valence-corrected chi connectivity index (χ4v) is 0.321. The van der Waals surface area contributed by atoms with E-state index in [2.05, 4.69) is 37.9 Å². The molecule has 0 spiro atoms. The first-order valence-electron chi connectivity index (χ1n) is 2.95. The molecule has 0 unspecified atom stereocenters. The standard InChI is InChI=1S/C5H5.3CHNS.Ti/c1-2-4-5-3-1;3*2-1-3;/h1-5H;3*3H;/q-1;;;;+4/p-3. The molecule has 0 aliphatic rings. The topological polar surface area (TPSA) is 71.4 Å². The van der Waals surface area contributed by atoms with Crippen LogP contribution in [0.4, 0.5) is 0 Å². The Morgan fingerprint density at radius 1 is 0.800 bits per heavy atom. The van der Waals surface area contributed by atoms with Crippen molar-refractivity contribution in [3.63, 3.8) is 0 Å². The van der Waals surface area contributed by atoms with E-state index in [4.69, 9.17) is 15.8 Å². The molecule has 0 aliphatic heterocycles. The Labute approximate surface area is 121 Å². The number of rotatable bonds is 0. The van der Waals surface area contributed by atoms with Crippen LogP contribution < -0.4 is 0 Å². The van der Waals surface area contributed by atoms with Gasteiger partial charge >= 0.3 is 21.7 Å². The van der Waals surface area contributed by atoms with Gasteiger partial charge in [-0.1, -0.05) is 16.2 Å². The van der Waals surface area contributed by atoms with Crippen LogP contribution in [0.5, 0.6) is 0 Å². The monoisotopic (exact) mass is 287 g/mol. The Morgan fingerprint density at radius 3 is 1.07 bits per heavy atom. The molecule has 0 radical (unpaired) electrons. The summed E-state index contributed by atoms with van der Waals surface area (Å²) in [6, 6.07) is 10.0. The summed E-state index contributed by atoms with van der Waals surface area (Å²) in [5.74, 6) is 0. The molecule has 15 heavy (non-hydrogen) atoms. The first-order valence-corrected chi connectivity index (χ1v) is 4.17. The second-order valence-electron chi connectivity index (χ2n) is 1.24. The van der Waals surface area contributed by atoms with Gasteiger partial charge in [0.2, 0.25) is 0 Å². The Kier molecular flexibility index (Phi) is 60.1. The average molecular weight is 287 g/mol. The molecular formula is C8H5N3S3Ti. The first-order chi connectivity index (χ1) is 6.74. The zero-order valence-electron chi connectivity index (χ0n) is 7.45. The van der Waals surface area contributed by atoms with E-state index in [1.165, 1.54) is 16.2 Å². The van der Waals surface area contributed by atoms with Gasteiger partial charge in [-0.15, -0.1) is 0 Å². The molecule has 7 heteroatoms. The van der Waals surface area contributed by atoms with Crippen LogP contribution in [0.15, 0.2) is 30.3 Å². The van der Waals surface area contributed by atoms with Crippen molar-refractivity contribution in [1.82, 2.24) is 0 Å². The number of nitriles is 3. The Balaban J connectivity index is -0.0000000550. The van der Waals surface area contributed by atoms with Crippen molar-refractivity contribution < 1.29 is 21.7 Å². The van der Waals surface area contributed by atoms with E-state index in [1.807, 2.05) is 30.3 Å². The molecule has 1 rings (SSSR count). The fourth-order valence-electron chi connectivity index (χ4n) is 0.321. The summed E-state index contributed by atoms with van der Waals surface area (Å²) in [5, 5.41) is 25.4. The molecule has 0 saturated carbocycles. The van der Waals surface area contributed by atoms with Crippen molar-refractivity contribution in [1.29, 1.82) is 15.8 Å². The van der Waals surface area contributed by atoms with Crippen molar-refractivity contribution in [2.24, 2.45) is 0 Å². The van der Waals surface area contributed by atoms with E-state index in [-0.39, 0.29) is 21.7 Å². The number of nitrogens with zero attached hydrogens (tertiary/aromatic N) is 3. The van der Waals surface area contributed by atoms with Crippen LogP contribution in [0.3, 0.4) is 0 Å². The van der Waals surface area contributed by atoms with E-state index in [0.29, 0.717) is 0 Å². The summed E-state index contributed by atoms with van der Waals surface area (Å²) in [6.07, 6.45) is 0. The smallest absolute Gasteiger partial charge is 0.696 e. The van der Waals surface area contributed by atoms with Crippen LogP contribution in [-0.2, 0) is 59.6 Å². The minimum Gasteiger partial charge on any atom is -0.696 e. The second kappa shape index (κ2) is 37.9. The molecule has 0 atom stereocenters. The molecular weight excluding hydrogens is 282 g/mol. The van der Waals surface area contributed by atoms with Gasteiger partial charge in [0, 0.05) is 0 Å². The molecule has 0 amide bonds. The molecule has 1 aromatic carbocycles. The number of hydrogen-bond acceptors (Lipinski definition) is 6. The molecule has 3 nitrogen and oxygen atoms in total. The molecule has 0 bridgehead atoms. The van der Waals surface area contributed by atoms with Gasteiger partial charge in [0.1, 0.15) is 0 Å². The quantitative estimate of drug-likeness (QED) is 0.311. The van der Waals surface area contributed by atoms with Crippen LogP contribution >= 0.6 is 0 Å². The van der Waals surface area contributed by atoms with Crippen molar-refractivity contribution in [2.45, 2.75) is 0 Å². The number of hydrogen-bond donors (Lipinski definition) is 0. The third-order valence-corrected chi connectivity index (χ3v) is 0.556. The van der Waals surface area contributed by atoms with Gasteiger partial charge < -0.3 is 37.9 Å². The second-order valence-corrected chi connectivity index (χ2v) is 1.78. The summed E-state index contributed by atoms with van der Waals surface area (Å²) in [4.78, 5) is 0. The maximum Gasteiger partial charge on any atom is 4.00 e. The fraction of sp³-hybridized carbons (Fsp3) is 0. The van der Waals surface area contributed by atoms with Gasteiger partial charge in [-0.25, -0.2) is 27.9 Å². The third-order valence-electron chi connectivity index (χ3n) is 0.556. The third kappa shape index (κ3) is 94.0. The van der Waals surface area contributed by atoms with Crippen LogP contribution in [0.2, 0.25) is 0 Å². The summed E-state index contributed by atoms with van der Waals surface area (Å²) in [6.45, 7) is 0. The minimum atomic E-state index is 0. The molecule has 0 saturated heterocycles. The SMILES string of the molecule is N#C[S-].N#C[S-].N#C[S-].[Ti+4].c1cc[cH-]c1. The summed E-state index contributed by atoms with van der Waals surface area (Å²) < 4.78 is 0. The summed E-state index contributed by atoms with van der Waals surface area (Å²) >= 11 is 11.1. The average Bonchev–Trinajstić information content (AvgIpc) is 2.63. The van der Waals surface area contributed by atoms with Gasteiger partial charge in [0.25, 0.3) is 0 Å². The van der Waals surface area contributed by atoms with Crippen molar-refractivity contribution >= 4 is 37.9 Å². The Morgan fingerprint density at radius 2 is 1.00 bits per heavy atom. The van der Waals surface area contributed by atoms with Crippen LogP contribution in [-0.4, -0.2) is 0 Å². The summed E-state index contributed by atoms with van der Waals surface area (Å²) in [5.41, 5.74) is 0. The Hall–Kier alpha value is -0.806. The predicted molar refractivity (Wildman–Crippen MR) is 61.0 cm³/mol. The van der Waals surface area contributed by atoms with E-state index in [0.717, 1.165) is 0 Å². The molecule has 0 heterocycles. The van der Waals surface area contributed by atoms with E-state index < -0.39 is 0 Å². The molecule has 0 N–H and O–H groups in total. The van der Waals surface area contributed by atoms with Gasteiger partial charge in [0.05, 0.1) is 0 Å². The first kappa shape index (κ1) is 23.8. The summed E-state index contributed by atoms with van der Waals surface area (Å²) in [7, 11) is 0. The molecule has 0 aliphatic carbocycles. The van der Waals surface area contributed by atoms with Crippen LogP contribution in [0.1, 0.15) is 0 Å². The largest absolute Gasteiger partial charge is 4.00 e. The van der Waals surface area contributed by atoms with Gasteiger partial charge in [-0.3, -0.25) is 0 Å². The van der Waals surface area contributed by atoms with E-state index >= 15 is 0 Å². The maximum atomic E-state index is 7.13. The van der Waals surface area contributed by atoms with Crippen LogP contribution in [0, 0.1) is 32.0 Å².